The van der Waals surface area contributed by atoms with Gasteiger partial charge < -0.3 is 15.4 Å². The summed E-state index contributed by atoms with van der Waals surface area (Å²) in [6.45, 7) is 0.437. The van der Waals surface area contributed by atoms with Gasteiger partial charge in [0.2, 0.25) is 0 Å². The van der Waals surface area contributed by atoms with Crippen molar-refractivity contribution in [1.82, 2.24) is 10.6 Å². The van der Waals surface area contributed by atoms with Crippen LogP contribution in [0.25, 0.3) is 6.08 Å². The number of rotatable bonds is 7. The first-order chi connectivity index (χ1) is 14.4. The summed E-state index contributed by atoms with van der Waals surface area (Å²) >= 11 is 5.26. The maximum Gasteiger partial charge on any atom is 0.330 e. The van der Waals surface area contributed by atoms with Crippen LogP contribution < -0.4 is 10.6 Å². The summed E-state index contributed by atoms with van der Waals surface area (Å²) in [5, 5.41) is 17.2. The fraction of sp³-hybridized carbons (Fsp3) is 0.238. The Labute approximate surface area is 178 Å². The molecule has 2 aromatic rings. The molecular formula is C21H20FN3O4S. The Balaban J connectivity index is 1.37. The highest BCUT2D eigenvalue weighted by molar-refractivity contribution is 7.80. The minimum Gasteiger partial charge on any atom is -0.461 e. The molecule has 1 atom stereocenters. The second-order valence-electron chi connectivity index (χ2n) is 6.65. The van der Waals surface area contributed by atoms with E-state index in [-0.39, 0.29) is 24.2 Å². The van der Waals surface area contributed by atoms with Gasteiger partial charge in [0.25, 0.3) is 5.69 Å². The van der Waals surface area contributed by atoms with Crippen LogP contribution in [0.3, 0.4) is 0 Å². The zero-order valence-electron chi connectivity index (χ0n) is 16.0. The van der Waals surface area contributed by atoms with E-state index in [1.165, 1.54) is 30.4 Å². The normalized spacial score (nSPS) is 14.9. The van der Waals surface area contributed by atoms with E-state index in [2.05, 4.69) is 10.6 Å². The molecule has 0 heterocycles. The van der Waals surface area contributed by atoms with E-state index in [9.17, 15) is 19.3 Å². The van der Waals surface area contributed by atoms with Crippen LogP contribution in [-0.4, -0.2) is 29.2 Å². The second-order valence-corrected chi connectivity index (χ2v) is 7.06. The highest BCUT2D eigenvalue weighted by Crippen LogP contribution is 2.32. The van der Waals surface area contributed by atoms with E-state index in [1.807, 2.05) is 6.07 Å². The number of esters is 1. The number of fused-ring (bicyclic) bond motifs is 1. The fourth-order valence-electron chi connectivity index (χ4n) is 3.20. The number of nitrogens with one attached hydrogen (secondary N) is 2. The highest BCUT2D eigenvalue weighted by Gasteiger charge is 2.25. The molecule has 0 amide bonds. The fourth-order valence-corrected chi connectivity index (χ4v) is 3.45. The van der Waals surface area contributed by atoms with Gasteiger partial charge in [-0.2, -0.15) is 0 Å². The van der Waals surface area contributed by atoms with Crippen LogP contribution in [0.5, 0.6) is 0 Å². The van der Waals surface area contributed by atoms with E-state index in [0.29, 0.717) is 23.6 Å². The van der Waals surface area contributed by atoms with Crippen LogP contribution in [0.4, 0.5) is 10.1 Å². The molecule has 1 aliphatic rings. The quantitative estimate of drug-likeness (QED) is 0.174. The molecule has 3 rings (SSSR count). The second kappa shape index (κ2) is 9.93. The van der Waals surface area contributed by atoms with Crippen LogP contribution >= 0.6 is 12.2 Å². The summed E-state index contributed by atoms with van der Waals surface area (Å²) in [4.78, 5) is 21.9. The van der Waals surface area contributed by atoms with E-state index in [0.717, 1.165) is 17.5 Å². The molecular weight excluding hydrogens is 409 g/mol. The number of nitro groups is 1. The Bertz CT molecular complexity index is 979. The zero-order valence-corrected chi connectivity index (χ0v) is 16.8. The van der Waals surface area contributed by atoms with Crippen molar-refractivity contribution in [2.24, 2.45) is 0 Å². The Morgan fingerprint density at radius 3 is 2.80 bits per heavy atom. The Morgan fingerprint density at radius 2 is 2.07 bits per heavy atom. The van der Waals surface area contributed by atoms with Gasteiger partial charge in [0.1, 0.15) is 12.4 Å². The highest BCUT2D eigenvalue weighted by atomic mass is 32.1. The first kappa shape index (κ1) is 21.4. The van der Waals surface area contributed by atoms with Crippen LogP contribution in [0.1, 0.15) is 29.2 Å². The third-order valence-electron chi connectivity index (χ3n) is 4.67. The number of carbonyl (C=O) groups excluding carboxylic acids is 1. The number of halogens is 1. The number of nitrogens with zero attached hydrogens (tertiary/aromatic N) is 1. The van der Waals surface area contributed by atoms with Crippen LogP contribution in [0.2, 0.25) is 0 Å². The third kappa shape index (κ3) is 5.60. The van der Waals surface area contributed by atoms with Gasteiger partial charge in [0.05, 0.1) is 17.5 Å². The predicted octanol–water partition coefficient (Wildman–Crippen LogP) is 3.44. The van der Waals surface area contributed by atoms with Crippen LogP contribution in [-0.2, 0) is 16.0 Å². The first-order valence-electron chi connectivity index (χ1n) is 9.35. The van der Waals surface area contributed by atoms with Crippen molar-refractivity contribution in [1.29, 1.82) is 0 Å². The lowest BCUT2D eigenvalue weighted by Crippen LogP contribution is -2.38. The predicted molar refractivity (Wildman–Crippen MR) is 114 cm³/mol. The molecule has 0 bridgehead atoms. The number of non-ortho nitro benzene ring substituents is 1. The summed E-state index contributed by atoms with van der Waals surface area (Å²) in [6, 6.07) is 10.8. The molecule has 30 heavy (non-hydrogen) atoms. The molecule has 0 fully saturated rings. The molecule has 156 valence electrons. The molecule has 0 aliphatic heterocycles. The number of ether oxygens (including phenoxy) is 1. The Kier molecular flexibility index (Phi) is 7.08. The van der Waals surface area contributed by atoms with Gasteiger partial charge in [-0.15, -0.1) is 0 Å². The van der Waals surface area contributed by atoms with Gasteiger partial charge in [-0.3, -0.25) is 10.1 Å². The summed E-state index contributed by atoms with van der Waals surface area (Å²) in [5.41, 5.74) is 2.28. The monoisotopic (exact) mass is 429 g/mol. The molecule has 0 spiro atoms. The smallest absolute Gasteiger partial charge is 0.330 e. The summed E-state index contributed by atoms with van der Waals surface area (Å²) < 4.78 is 18.9. The number of hydrogen-bond donors (Lipinski definition) is 2. The maximum absolute atomic E-state index is 13.8. The molecule has 7 nitrogen and oxygen atoms in total. The minimum atomic E-state index is -0.533. The van der Waals surface area contributed by atoms with Crippen LogP contribution in [0.15, 0.2) is 48.5 Å². The van der Waals surface area contributed by atoms with Gasteiger partial charge in [-0.05, 0) is 66.0 Å². The SMILES string of the molecule is O=C(C=Cc1ccc([N+](=O)[O-])cc1)OCCNC(=S)NC1CCc2c(F)cccc21. The standard InChI is InChI=1S/C21H20FN3O4S/c22-18-3-1-2-17-16(18)9-10-19(17)24-21(30)23-12-13-29-20(26)11-6-14-4-7-15(8-5-14)25(27)28/h1-8,11,19H,9-10,12-13H2,(H2,23,24,30). The van der Waals surface area contributed by atoms with E-state index < -0.39 is 10.9 Å². The molecule has 1 aliphatic carbocycles. The Morgan fingerprint density at radius 1 is 1.30 bits per heavy atom. The average molecular weight is 429 g/mol. The van der Waals surface area contributed by atoms with Gasteiger partial charge in [-0.25, -0.2) is 9.18 Å². The number of benzene rings is 2. The lowest BCUT2D eigenvalue weighted by molar-refractivity contribution is -0.384. The van der Waals surface area contributed by atoms with Gasteiger partial charge in [0, 0.05) is 18.2 Å². The Hall–Kier alpha value is -3.33. The van der Waals surface area contributed by atoms with Crippen molar-refractivity contribution in [3.63, 3.8) is 0 Å². The summed E-state index contributed by atoms with van der Waals surface area (Å²) in [5.74, 6) is -0.724. The molecule has 0 saturated heterocycles. The van der Waals surface area contributed by atoms with Gasteiger partial charge in [0.15, 0.2) is 5.11 Å². The lowest BCUT2D eigenvalue weighted by atomic mass is 10.1. The number of carbonyl (C=O) groups is 1. The van der Waals surface area contributed by atoms with Crippen molar-refractivity contribution >= 4 is 35.1 Å². The molecule has 1 unspecified atom stereocenters. The topological polar surface area (TPSA) is 93.5 Å². The largest absolute Gasteiger partial charge is 0.461 e. The van der Waals surface area contributed by atoms with Crippen molar-refractivity contribution in [2.45, 2.75) is 18.9 Å². The molecule has 2 aromatic carbocycles. The van der Waals surface area contributed by atoms with Crippen molar-refractivity contribution in [3.05, 3.63) is 81.2 Å². The molecule has 0 aromatic heterocycles. The van der Waals surface area contributed by atoms with Gasteiger partial charge in [-0.1, -0.05) is 12.1 Å². The van der Waals surface area contributed by atoms with Crippen LogP contribution in [0, 0.1) is 15.9 Å². The van der Waals surface area contributed by atoms with E-state index >= 15 is 0 Å². The zero-order chi connectivity index (χ0) is 21.5. The van der Waals surface area contributed by atoms with E-state index in [1.54, 1.807) is 18.2 Å². The van der Waals surface area contributed by atoms with E-state index in [4.69, 9.17) is 17.0 Å². The summed E-state index contributed by atoms with van der Waals surface area (Å²) in [6.07, 6.45) is 4.20. The third-order valence-corrected chi connectivity index (χ3v) is 4.93. The summed E-state index contributed by atoms with van der Waals surface area (Å²) in [7, 11) is 0. The maximum atomic E-state index is 13.8. The lowest BCUT2D eigenvalue weighted by Gasteiger charge is -2.17. The average Bonchev–Trinajstić information content (AvgIpc) is 3.14. The number of nitro benzene ring substituents is 1. The van der Waals surface area contributed by atoms with Crippen molar-refractivity contribution in [2.75, 3.05) is 13.2 Å². The molecule has 2 N–H and O–H groups in total. The van der Waals surface area contributed by atoms with Gasteiger partial charge >= 0.3 is 5.97 Å². The molecule has 0 radical (unpaired) electrons. The van der Waals surface area contributed by atoms with Crippen molar-refractivity contribution in [3.8, 4) is 0 Å². The molecule has 0 saturated carbocycles. The van der Waals surface area contributed by atoms with Crippen molar-refractivity contribution < 1.29 is 18.8 Å². The number of hydrogen-bond acceptors (Lipinski definition) is 5. The minimum absolute atomic E-state index is 0.0170. The first-order valence-corrected chi connectivity index (χ1v) is 9.76. The molecule has 9 heteroatoms. The number of thiocarbonyl (C=S) groups is 1.